The van der Waals surface area contributed by atoms with E-state index in [1.165, 1.54) is 10.6 Å². The second-order valence-corrected chi connectivity index (χ2v) is 6.28. The molecule has 1 saturated heterocycles. The highest BCUT2D eigenvalue weighted by Crippen LogP contribution is 2.12. The molecule has 1 aliphatic heterocycles. The fraction of sp³-hybridized carbons (Fsp3) is 0.316. The Morgan fingerprint density at radius 2 is 1.96 bits per heavy atom. The maximum atomic E-state index is 12.5. The molecule has 3 rings (SSSR count). The third kappa shape index (κ3) is 4.11. The first-order chi connectivity index (χ1) is 12.5. The molecule has 1 aliphatic rings. The molecule has 2 heterocycles. The average molecular weight is 355 g/mol. The molecule has 2 aromatic rings. The van der Waals surface area contributed by atoms with E-state index in [0.29, 0.717) is 19.5 Å². The highest BCUT2D eigenvalue weighted by Gasteiger charge is 2.29. The van der Waals surface area contributed by atoms with Crippen molar-refractivity contribution in [1.82, 2.24) is 14.8 Å². The van der Waals surface area contributed by atoms with Crippen LogP contribution in [0.15, 0.2) is 53.5 Å². The molecule has 1 N–H and O–H groups in total. The van der Waals surface area contributed by atoms with E-state index in [0.717, 1.165) is 5.56 Å². The van der Waals surface area contributed by atoms with Crippen LogP contribution < -0.4 is 10.9 Å². The van der Waals surface area contributed by atoms with Crippen molar-refractivity contribution in [1.29, 1.82) is 0 Å². The summed E-state index contributed by atoms with van der Waals surface area (Å²) < 4.78 is 6.57. The Hall–Kier alpha value is -3.09. The summed E-state index contributed by atoms with van der Waals surface area (Å²) in [5.41, 5.74) is 0.726. The van der Waals surface area contributed by atoms with E-state index in [1.807, 2.05) is 30.3 Å². The second kappa shape index (κ2) is 7.86. The lowest BCUT2D eigenvalue weighted by Crippen LogP contribution is -2.40. The zero-order valence-electron chi connectivity index (χ0n) is 14.6. The third-order valence-corrected chi connectivity index (χ3v) is 4.36. The molecule has 136 valence electrons. The van der Waals surface area contributed by atoms with Crippen molar-refractivity contribution in [3.8, 4) is 0 Å². The molecule has 0 spiro atoms. The molecule has 0 aliphatic carbocycles. The Bertz CT molecular complexity index is 847. The van der Waals surface area contributed by atoms with Crippen molar-refractivity contribution in [2.24, 2.45) is 7.05 Å². The number of aryl methyl sites for hydroxylation is 1. The number of hydrogen-bond acceptors (Lipinski definition) is 4. The zero-order chi connectivity index (χ0) is 18.5. The Kier molecular flexibility index (Phi) is 5.36. The van der Waals surface area contributed by atoms with E-state index < -0.39 is 6.09 Å². The lowest BCUT2D eigenvalue weighted by molar-refractivity contribution is 0.0784. The van der Waals surface area contributed by atoms with Crippen LogP contribution in [-0.4, -0.2) is 40.6 Å². The van der Waals surface area contributed by atoms with Gasteiger partial charge in [0.2, 0.25) is 0 Å². The van der Waals surface area contributed by atoms with Crippen LogP contribution >= 0.6 is 0 Å². The molecule has 0 radical (unpaired) electrons. The van der Waals surface area contributed by atoms with Gasteiger partial charge in [-0.2, -0.15) is 0 Å². The smallest absolute Gasteiger partial charge is 0.407 e. The number of benzene rings is 1. The van der Waals surface area contributed by atoms with Gasteiger partial charge in [0.15, 0.2) is 0 Å². The number of amides is 2. The van der Waals surface area contributed by atoms with Gasteiger partial charge in [0.05, 0.1) is 6.04 Å². The first-order valence-corrected chi connectivity index (χ1v) is 8.47. The van der Waals surface area contributed by atoms with E-state index in [2.05, 4.69) is 5.32 Å². The minimum Gasteiger partial charge on any atom is -0.445 e. The predicted octanol–water partition coefficient (Wildman–Crippen LogP) is 1.53. The summed E-state index contributed by atoms with van der Waals surface area (Å²) in [6.07, 6.45) is 1.72. The van der Waals surface area contributed by atoms with Crippen LogP contribution in [0.5, 0.6) is 0 Å². The van der Waals surface area contributed by atoms with Crippen LogP contribution in [0.1, 0.15) is 22.3 Å². The highest BCUT2D eigenvalue weighted by molar-refractivity contribution is 5.94. The molecule has 7 nitrogen and oxygen atoms in total. The molecule has 1 aromatic heterocycles. The van der Waals surface area contributed by atoms with Crippen molar-refractivity contribution in [2.75, 3.05) is 13.1 Å². The lowest BCUT2D eigenvalue weighted by atomic mass is 10.2. The number of nitrogens with one attached hydrogen (secondary N) is 1. The van der Waals surface area contributed by atoms with Crippen LogP contribution in [0, 0.1) is 0 Å². The number of nitrogens with zero attached hydrogens (tertiary/aromatic N) is 2. The van der Waals surface area contributed by atoms with Crippen LogP contribution in [0.25, 0.3) is 0 Å². The number of likely N-dealkylation sites (tertiary alicyclic amines) is 1. The molecule has 26 heavy (non-hydrogen) atoms. The summed E-state index contributed by atoms with van der Waals surface area (Å²) in [4.78, 5) is 38.1. The van der Waals surface area contributed by atoms with Gasteiger partial charge in [-0.05, 0) is 24.1 Å². The first-order valence-electron chi connectivity index (χ1n) is 8.47. The molecule has 7 heteroatoms. The molecule has 0 saturated carbocycles. The molecular weight excluding hydrogens is 334 g/mol. The number of rotatable bonds is 4. The number of carbonyl (C=O) groups is 2. The van der Waals surface area contributed by atoms with Gasteiger partial charge in [0.1, 0.15) is 12.2 Å². The fourth-order valence-corrected chi connectivity index (χ4v) is 2.92. The lowest BCUT2D eigenvalue weighted by Gasteiger charge is -2.17. The van der Waals surface area contributed by atoms with Crippen molar-refractivity contribution in [3.05, 3.63) is 70.1 Å². The van der Waals surface area contributed by atoms with Crippen molar-refractivity contribution >= 4 is 12.0 Å². The number of pyridine rings is 1. The van der Waals surface area contributed by atoms with E-state index in [9.17, 15) is 14.4 Å². The van der Waals surface area contributed by atoms with Crippen LogP contribution in [0.3, 0.4) is 0 Å². The molecule has 1 aromatic carbocycles. The van der Waals surface area contributed by atoms with Gasteiger partial charge in [-0.15, -0.1) is 0 Å². The molecule has 2 amide bonds. The van der Waals surface area contributed by atoms with Crippen LogP contribution in [0.2, 0.25) is 0 Å². The minimum absolute atomic E-state index is 0.141. The molecule has 1 atom stereocenters. The van der Waals surface area contributed by atoms with E-state index >= 15 is 0 Å². The van der Waals surface area contributed by atoms with Crippen molar-refractivity contribution < 1.29 is 14.3 Å². The number of aromatic nitrogens is 1. The maximum absolute atomic E-state index is 12.5. The summed E-state index contributed by atoms with van der Waals surface area (Å²) in [7, 11) is 1.61. The predicted molar refractivity (Wildman–Crippen MR) is 95.8 cm³/mol. The quantitative estimate of drug-likeness (QED) is 0.902. The topological polar surface area (TPSA) is 80.6 Å². The number of alkyl carbamates (subject to hydrolysis) is 1. The average Bonchev–Trinajstić information content (AvgIpc) is 3.11. The van der Waals surface area contributed by atoms with Crippen molar-refractivity contribution in [3.63, 3.8) is 0 Å². The number of hydrogen-bond donors (Lipinski definition) is 1. The van der Waals surface area contributed by atoms with Crippen LogP contribution in [-0.2, 0) is 18.4 Å². The summed E-state index contributed by atoms with van der Waals surface area (Å²) in [5, 5.41) is 2.77. The van der Waals surface area contributed by atoms with Gasteiger partial charge < -0.3 is 19.5 Å². The molecule has 1 fully saturated rings. The van der Waals surface area contributed by atoms with Gasteiger partial charge in [0.25, 0.3) is 11.5 Å². The van der Waals surface area contributed by atoms with E-state index in [4.69, 9.17) is 4.74 Å². The third-order valence-electron chi connectivity index (χ3n) is 4.36. The van der Waals surface area contributed by atoms with E-state index in [1.54, 1.807) is 24.2 Å². The SMILES string of the molecule is Cn1cccc(C(=O)N2CC[C@@H](NC(=O)OCc3ccccc3)C2)c1=O. The van der Waals surface area contributed by atoms with Gasteiger partial charge >= 0.3 is 6.09 Å². The van der Waals surface area contributed by atoms with Gasteiger partial charge in [0, 0.05) is 26.3 Å². The second-order valence-electron chi connectivity index (χ2n) is 6.28. The Morgan fingerprint density at radius 3 is 2.73 bits per heavy atom. The van der Waals surface area contributed by atoms with Gasteiger partial charge in [-0.25, -0.2) is 4.79 Å². The normalized spacial score (nSPS) is 16.3. The summed E-state index contributed by atoms with van der Waals surface area (Å²) in [6.45, 7) is 1.04. The molecule has 0 unspecified atom stereocenters. The number of carbonyl (C=O) groups excluding carboxylic acids is 2. The first kappa shape index (κ1) is 17.7. The highest BCUT2D eigenvalue weighted by atomic mass is 16.5. The molecule has 0 bridgehead atoms. The summed E-state index contributed by atoms with van der Waals surface area (Å²) in [6, 6.07) is 12.4. The van der Waals surface area contributed by atoms with Crippen LogP contribution in [0.4, 0.5) is 4.79 Å². The summed E-state index contributed by atoms with van der Waals surface area (Å²) >= 11 is 0. The molecular formula is C19H21N3O4. The fourth-order valence-electron chi connectivity index (χ4n) is 2.92. The Labute approximate surface area is 151 Å². The maximum Gasteiger partial charge on any atom is 0.407 e. The zero-order valence-corrected chi connectivity index (χ0v) is 14.6. The van der Waals surface area contributed by atoms with Gasteiger partial charge in [-0.1, -0.05) is 30.3 Å². The van der Waals surface area contributed by atoms with Gasteiger partial charge in [-0.3, -0.25) is 9.59 Å². The van der Waals surface area contributed by atoms with E-state index in [-0.39, 0.29) is 29.7 Å². The monoisotopic (exact) mass is 355 g/mol. The largest absolute Gasteiger partial charge is 0.445 e. The number of ether oxygens (including phenoxy) is 1. The van der Waals surface area contributed by atoms with Crippen molar-refractivity contribution in [2.45, 2.75) is 19.1 Å². The Balaban J connectivity index is 1.52. The summed E-state index contributed by atoms with van der Waals surface area (Å²) in [5.74, 6) is -0.312. The minimum atomic E-state index is -0.510. The Morgan fingerprint density at radius 1 is 1.19 bits per heavy atom. The standard InChI is InChI=1S/C19H21N3O4/c1-21-10-5-8-16(17(21)23)18(24)22-11-9-15(12-22)20-19(25)26-13-14-6-3-2-4-7-14/h2-8,10,15H,9,11-13H2,1H3,(H,20,25)/t15-/m1/s1.